The fourth-order valence-corrected chi connectivity index (χ4v) is 5.88. The Morgan fingerprint density at radius 3 is 2.16 bits per heavy atom. The quantitative estimate of drug-likeness (QED) is 0.458. The number of carboxylic acids is 1. The minimum absolute atomic E-state index is 0.0329. The van der Waals surface area contributed by atoms with Crippen LogP contribution in [0.1, 0.15) is 18.4 Å². The van der Waals surface area contributed by atoms with Crippen LogP contribution in [0.15, 0.2) is 29.2 Å². The number of hydrogen-bond acceptors (Lipinski definition) is 7. The van der Waals surface area contributed by atoms with E-state index in [0.29, 0.717) is 24.5 Å². The molecule has 1 amide bonds. The number of aryl methyl sites for hydroxylation is 1. The molecule has 10 nitrogen and oxygen atoms in total. The molecule has 2 N–H and O–H groups in total. The second-order valence-corrected chi connectivity index (χ2v) is 11.3. The highest BCUT2D eigenvalue weighted by molar-refractivity contribution is 7.89. The second kappa shape index (κ2) is 14.8. The highest BCUT2D eigenvalue weighted by Gasteiger charge is 2.38. The number of amides is 1. The van der Waals surface area contributed by atoms with Gasteiger partial charge in [0.1, 0.15) is 0 Å². The third-order valence-electron chi connectivity index (χ3n) is 6.48. The van der Waals surface area contributed by atoms with Gasteiger partial charge in [-0.05, 0) is 38.6 Å². The molecule has 0 atom stereocenters. The van der Waals surface area contributed by atoms with Gasteiger partial charge in [0.05, 0.1) is 4.90 Å². The number of hydrogen-bond donors (Lipinski definition) is 2. The highest BCUT2D eigenvalue weighted by Crippen LogP contribution is 2.20. The van der Waals surface area contributed by atoms with Gasteiger partial charge in [0.25, 0.3) is 0 Å². The maximum absolute atomic E-state index is 13.4. The number of carboxylic acid groups (broad SMARTS) is 1. The van der Waals surface area contributed by atoms with E-state index in [-0.39, 0.29) is 18.9 Å². The van der Waals surface area contributed by atoms with Crippen molar-refractivity contribution in [1.29, 1.82) is 0 Å². The predicted octanol–water partition coefficient (Wildman–Crippen LogP) is 1.08. The zero-order valence-corrected chi connectivity index (χ0v) is 22.7. The summed E-state index contributed by atoms with van der Waals surface area (Å²) in [5, 5.41) is 10.4. The molecule has 2 aliphatic rings. The van der Waals surface area contributed by atoms with Gasteiger partial charge in [-0.15, -0.1) is 0 Å². The molecule has 1 aromatic carbocycles. The molecule has 2 aliphatic heterocycles. The summed E-state index contributed by atoms with van der Waals surface area (Å²) in [7, 11) is -1.52. The van der Waals surface area contributed by atoms with E-state index in [2.05, 4.69) is 22.2 Å². The average Bonchev–Trinajstić information content (AvgIpc) is 2.87. The number of aliphatic carboxylic acids is 1. The Morgan fingerprint density at radius 1 is 1.03 bits per heavy atom. The standard InChI is InChI=1S/C22H37N5O3S.C2HF3O2/c1-20-6-3-4-7-21(20)31(29,30)27(12-5-11-25-18-16-24(2)17-19-25)13-8-22(28)26-14-9-23-10-15-26;3-2(4,5)1(6)7/h3-4,6-7,23H,5,8-19H2,1-2H3;(H,6,7). The van der Waals surface area contributed by atoms with E-state index in [4.69, 9.17) is 9.90 Å². The maximum Gasteiger partial charge on any atom is 0.490 e. The first-order valence-electron chi connectivity index (χ1n) is 12.6. The number of piperazine rings is 2. The van der Waals surface area contributed by atoms with Crippen LogP contribution in [-0.2, 0) is 19.6 Å². The summed E-state index contributed by atoms with van der Waals surface area (Å²) in [6.45, 7) is 10.4. The second-order valence-electron chi connectivity index (χ2n) is 9.35. The normalized spacial score (nSPS) is 17.7. The van der Waals surface area contributed by atoms with E-state index >= 15 is 0 Å². The van der Waals surface area contributed by atoms with E-state index in [1.54, 1.807) is 12.1 Å². The van der Waals surface area contributed by atoms with Crippen molar-refractivity contribution in [2.75, 3.05) is 79.0 Å². The van der Waals surface area contributed by atoms with Gasteiger partial charge in [-0.3, -0.25) is 4.79 Å². The van der Waals surface area contributed by atoms with Crippen molar-refractivity contribution in [3.63, 3.8) is 0 Å². The summed E-state index contributed by atoms with van der Waals surface area (Å²) < 4.78 is 60.1. The molecule has 0 aromatic heterocycles. The molecule has 1 aromatic rings. The lowest BCUT2D eigenvalue weighted by atomic mass is 10.2. The third kappa shape index (κ3) is 10.1. The molecule has 38 heavy (non-hydrogen) atoms. The van der Waals surface area contributed by atoms with Gasteiger partial charge in [0.2, 0.25) is 15.9 Å². The van der Waals surface area contributed by atoms with Gasteiger partial charge in [0, 0.05) is 71.9 Å². The minimum Gasteiger partial charge on any atom is -0.475 e. The van der Waals surface area contributed by atoms with Crippen LogP contribution in [0.2, 0.25) is 0 Å². The Labute approximate surface area is 222 Å². The molecule has 216 valence electrons. The lowest BCUT2D eigenvalue weighted by Crippen LogP contribution is -2.47. The summed E-state index contributed by atoms with van der Waals surface area (Å²) in [5.41, 5.74) is 0.736. The van der Waals surface area contributed by atoms with Crippen molar-refractivity contribution in [1.82, 2.24) is 24.3 Å². The number of carbonyl (C=O) groups is 2. The van der Waals surface area contributed by atoms with Crippen LogP contribution in [0.3, 0.4) is 0 Å². The summed E-state index contributed by atoms with van der Waals surface area (Å²) in [6.07, 6.45) is -4.10. The average molecular weight is 566 g/mol. The molecular weight excluding hydrogens is 527 g/mol. The fourth-order valence-electron chi connectivity index (χ4n) is 4.17. The SMILES string of the molecule is Cc1ccccc1S(=O)(=O)N(CCCN1CCN(C)CC1)CCC(=O)N1CCNCC1.O=C(O)C(F)(F)F. The summed E-state index contributed by atoms with van der Waals surface area (Å²) in [4.78, 5) is 28.4. The Bertz CT molecular complexity index is 1010. The maximum atomic E-state index is 13.4. The van der Waals surface area contributed by atoms with Crippen LogP contribution in [-0.4, -0.2) is 130 Å². The number of halogens is 3. The molecule has 0 bridgehead atoms. The first-order valence-corrected chi connectivity index (χ1v) is 14.0. The molecule has 0 saturated carbocycles. The molecule has 2 heterocycles. The molecule has 0 unspecified atom stereocenters. The Kier molecular flexibility index (Phi) is 12.4. The zero-order chi connectivity index (χ0) is 28.3. The van der Waals surface area contributed by atoms with Crippen molar-refractivity contribution < 1.29 is 36.3 Å². The Hall–Kier alpha value is -2.26. The van der Waals surface area contributed by atoms with Crippen molar-refractivity contribution >= 4 is 21.9 Å². The first kappa shape index (κ1) is 32.0. The van der Waals surface area contributed by atoms with Crippen molar-refractivity contribution in [3.05, 3.63) is 29.8 Å². The lowest BCUT2D eigenvalue weighted by molar-refractivity contribution is -0.192. The molecule has 2 saturated heterocycles. The Balaban J connectivity index is 0.000000638. The third-order valence-corrected chi connectivity index (χ3v) is 8.54. The predicted molar refractivity (Wildman–Crippen MR) is 136 cm³/mol. The first-order chi connectivity index (χ1) is 17.8. The van der Waals surface area contributed by atoms with Gasteiger partial charge >= 0.3 is 12.1 Å². The molecule has 2 fully saturated rings. The number of carbonyl (C=O) groups excluding carboxylic acids is 1. The van der Waals surface area contributed by atoms with Gasteiger partial charge in [-0.2, -0.15) is 17.5 Å². The number of nitrogens with zero attached hydrogens (tertiary/aromatic N) is 4. The van der Waals surface area contributed by atoms with E-state index < -0.39 is 22.2 Å². The van der Waals surface area contributed by atoms with Crippen molar-refractivity contribution in [3.8, 4) is 0 Å². The largest absolute Gasteiger partial charge is 0.490 e. The molecular formula is C24H38F3N5O5S. The minimum atomic E-state index is -5.08. The topological polar surface area (TPSA) is 114 Å². The molecule has 0 spiro atoms. The van der Waals surface area contributed by atoms with Crippen molar-refractivity contribution in [2.24, 2.45) is 0 Å². The Morgan fingerprint density at radius 2 is 1.61 bits per heavy atom. The van der Waals surface area contributed by atoms with Crippen LogP contribution in [0.4, 0.5) is 13.2 Å². The molecule has 0 radical (unpaired) electrons. The zero-order valence-electron chi connectivity index (χ0n) is 21.9. The monoisotopic (exact) mass is 565 g/mol. The molecule has 3 rings (SSSR count). The van der Waals surface area contributed by atoms with Gasteiger partial charge in [-0.25, -0.2) is 13.2 Å². The van der Waals surface area contributed by atoms with Gasteiger partial charge in [0.15, 0.2) is 0 Å². The number of likely N-dealkylation sites (N-methyl/N-ethyl adjacent to an activating group) is 1. The number of benzene rings is 1. The van der Waals surface area contributed by atoms with Crippen molar-refractivity contribution in [2.45, 2.75) is 30.8 Å². The fraction of sp³-hybridized carbons (Fsp3) is 0.667. The van der Waals surface area contributed by atoms with E-state index in [1.165, 1.54) is 4.31 Å². The number of sulfonamides is 1. The summed E-state index contributed by atoms with van der Waals surface area (Å²) in [6, 6.07) is 7.09. The lowest BCUT2D eigenvalue weighted by Gasteiger charge is -2.33. The van der Waals surface area contributed by atoms with Crippen LogP contribution in [0, 0.1) is 6.92 Å². The van der Waals surface area contributed by atoms with Crippen LogP contribution in [0.5, 0.6) is 0 Å². The number of nitrogens with one attached hydrogen (secondary N) is 1. The smallest absolute Gasteiger partial charge is 0.475 e. The summed E-state index contributed by atoms with van der Waals surface area (Å²) >= 11 is 0. The molecule has 0 aliphatic carbocycles. The van der Waals surface area contributed by atoms with Gasteiger partial charge in [-0.1, -0.05) is 18.2 Å². The molecule has 14 heteroatoms. The van der Waals surface area contributed by atoms with E-state index in [1.807, 2.05) is 24.0 Å². The highest BCUT2D eigenvalue weighted by atomic mass is 32.2. The summed E-state index contributed by atoms with van der Waals surface area (Å²) in [5.74, 6) is -2.72. The van der Waals surface area contributed by atoms with Crippen LogP contribution >= 0.6 is 0 Å². The van der Waals surface area contributed by atoms with Crippen LogP contribution < -0.4 is 5.32 Å². The number of alkyl halides is 3. The van der Waals surface area contributed by atoms with E-state index in [0.717, 1.165) is 57.8 Å². The van der Waals surface area contributed by atoms with E-state index in [9.17, 15) is 26.4 Å². The van der Waals surface area contributed by atoms with Gasteiger partial charge < -0.3 is 25.1 Å². The van der Waals surface area contributed by atoms with Crippen LogP contribution in [0.25, 0.3) is 0 Å². The number of rotatable bonds is 9.